The molecule has 0 aliphatic rings. The molecule has 2 aromatic carbocycles. The van der Waals surface area contributed by atoms with E-state index in [1.807, 2.05) is 5.32 Å². The first kappa shape index (κ1) is 25.9. The van der Waals surface area contributed by atoms with Crippen LogP contribution in [0.4, 0.5) is 43.4 Å². The van der Waals surface area contributed by atoms with Crippen LogP contribution < -0.4 is 26.6 Å². The largest absolute Gasteiger partial charge is 0.417 e. The van der Waals surface area contributed by atoms with E-state index in [9.17, 15) is 49.5 Å². The van der Waals surface area contributed by atoms with Crippen LogP contribution >= 0.6 is 11.6 Å². The highest BCUT2D eigenvalue weighted by Gasteiger charge is 2.57. The lowest BCUT2D eigenvalue weighted by Crippen LogP contribution is -2.51. The number of primary sulfonamides is 1. The summed E-state index contributed by atoms with van der Waals surface area (Å²) in [6.07, 6.45) is -13.8. The van der Waals surface area contributed by atoms with E-state index < -0.39 is 78.1 Å². The van der Waals surface area contributed by atoms with Crippen LogP contribution in [0.15, 0.2) is 26.6 Å². The number of anilines is 3. The summed E-state index contributed by atoms with van der Waals surface area (Å²) < 4.78 is 105. The van der Waals surface area contributed by atoms with Gasteiger partial charge in [-0.2, -0.15) is 26.3 Å². The molecule has 1 unspecified atom stereocenters. The van der Waals surface area contributed by atoms with Crippen molar-refractivity contribution >= 4 is 38.7 Å². The van der Waals surface area contributed by atoms with Crippen LogP contribution in [-0.2, 0) is 14.8 Å². The van der Waals surface area contributed by atoms with Gasteiger partial charge in [-0.15, -0.1) is 0 Å². The Morgan fingerprint density at radius 3 is 2.00 bits per heavy atom. The van der Waals surface area contributed by atoms with Crippen molar-refractivity contribution in [1.82, 2.24) is 0 Å². The number of aliphatic hydroxyl groups is 1. The highest BCUT2D eigenvalue weighted by atomic mass is 35.5. The lowest BCUT2D eigenvalue weighted by atomic mass is 10.1. The van der Waals surface area contributed by atoms with Gasteiger partial charge >= 0.3 is 12.4 Å². The molecule has 5 N–H and O–H groups in total. The lowest BCUT2D eigenvalue weighted by Gasteiger charge is -2.27. The van der Waals surface area contributed by atoms with Crippen LogP contribution in [0, 0.1) is 0 Å². The van der Waals surface area contributed by atoms with E-state index >= 15 is 0 Å². The van der Waals surface area contributed by atoms with Gasteiger partial charge in [0.2, 0.25) is 16.1 Å². The summed E-state index contributed by atoms with van der Waals surface area (Å²) in [5.41, 5.74) is -6.90. The maximum absolute atomic E-state index is 12.8. The first-order chi connectivity index (χ1) is 14.4. The van der Waals surface area contributed by atoms with Crippen LogP contribution in [0.25, 0.3) is 0 Å². The first-order valence-corrected chi connectivity index (χ1v) is 9.90. The van der Waals surface area contributed by atoms with Gasteiger partial charge in [-0.05, 0) is 12.1 Å². The van der Waals surface area contributed by atoms with Crippen LogP contribution in [0.2, 0.25) is 5.02 Å². The molecule has 0 heterocycles. The number of nitrogens with one attached hydrogen (secondary N) is 2. The standard InChI is InChI=1S/C15H12ClF6N3O6S/c1-31-12(28)6-5(3-2-4(16)11(6)32(23,29)30)24-7-8(10(27)9(7)26)25-13(14(17,18)19)15(20,21)22/h2-3,12-13,24-25,28H,1H3,(H2,23,29,30). The van der Waals surface area contributed by atoms with Gasteiger partial charge in [0.25, 0.3) is 10.9 Å². The summed E-state index contributed by atoms with van der Waals surface area (Å²) in [5.74, 6) is 0. The molecule has 17 heteroatoms. The molecule has 0 aromatic heterocycles. The molecule has 0 fully saturated rings. The molecule has 178 valence electrons. The monoisotopic (exact) mass is 511 g/mol. The zero-order valence-corrected chi connectivity index (χ0v) is 17.0. The van der Waals surface area contributed by atoms with Crippen molar-refractivity contribution in [1.29, 1.82) is 0 Å². The van der Waals surface area contributed by atoms with E-state index in [0.717, 1.165) is 24.6 Å². The van der Waals surface area contributed by atoms with E-state index in [2.05, 4.69) is 4.74 Å². The quantitative estimate of drug-likeness (QED) is 0.250. The number of sulfonamides is 1. The highest BCUT2D eigenvalue weighted by Crippen LogP contribution is 2.39. The average Bonchev–Trinajstić information content (AvgIpc) is 2.63. The van der Waals surface area contributed by atoms with Crippen molar-refractivity contribution in [3.63, 3.8) is 0 Å². The average molecular weight is 512 g/mol. The van der Waals surface area contributed by atoms with Crippen LogP contribution in [-0.4, -0.2) is 39.0 Å². The Hall–Kier alpha value is -2.40. The van der Waals surface area contributed by atoms with E-state index in [1.54, 1.807) is 0 Å². The van der Waals surface area contributed by atoms with Gasteiger partial charge in [-0.1, -0.05) is 11.6 Å². The summed E-state index contributed by atoms with van der Waals surface area (Å²) in [6.45, 7) is 0. The maximum atomic E-state index is 12.8. The van der Waals surface area contributed by atoms with Crippen LogP contribution in [0.1, 0.15) is 11.9 Å². The fourth-order valence-electron chi connectivity index (χ4n) is 2.61. The molecule has 2 rings (SSSR count). The second-order valence-corrected chi connectivity index (χ2v) is 8.07. The second-order valence-electron chi connectivity index (χ2n) is 6.16. The summed E-state index contributed by atoms with van der Waals surface area (Å²) in [5, 5.41) is 17.5. The SMILES string of the molecule is COC(O)c1c(Nc2c(NC(C(F)(F)F)C(F)(F)F)c(=O)c2=O)ccc(Cl)c1S(N)(=O)=O. The minimum atomic E-state index is -5.88. The number of ether oxygens (including phenoxy) is 1. The Kier molecular flexibility index (Phi) is 6.88. The van der Waals surface area contributed by atoms with Crippen LogP contribution in [0.5, 0.6) is 0 Å². The molecule has 0 amide bonds. The number of rotatable bonds is 7. The number of hydrogen-bond acceptors (Lipinski definition) is 8. The molecule has 32 heavy (non-hydrogen) atoms. The van der Waals surface area contributed by atoms with Gasteiger partial charge < -0.3 is 20.5 Å². The van der Waals surface area contributed by atoms with Crippen LogP contribution in [0.3, 0.4) is 0 Å². The van der Waals surface area contributed by atoms with E-state index in [1.165, 1.54) is 0 Å². The van der Waals surface area contributed by atoms with E-state index in [4.69, 9.17) is 16.7 Å². The smallest absolute Gasteiger partial charge is 0.364 e. The normalized spacial score (nSPS) is 14.1. The molecule has 0 saturated carbocycles. The fourth-order valence-corrected chi connectivity index (χ4v) is 3.96. The third-order valence-electron chi connectivity index (χ3n) is 4.02. The van der Waals surface area contributed by atoms with Gasteiger partial charge in [0.15, 0.2) is 6.29 Å². The van der Waals surface area contributed by atoms with Crippen molar-refractivity contribution in [2.45, 2.75) is 29.6 Å². The molecule has 9 nitrogen and oxygen atoms in total. The number of hydrogen-bond donors (Lipinski definition) is 4. The number of aliphatic hydroxyl groups excluding tert-OH is 1. The predicted octanol–water partition coefficient (Wildman–Crippen LogP) is 1.87. The molecule has 2 aromatic rings. The molecular weight excluding hydrogens is 500 g/mol. The number of nitrogens with two attached hydrogens (primary N) is 1. The Morgan fingerprint density at radius 1 is 1.06 bits per heavy atom. The number of halogens is 7. The zero-order valence-electron chi connectivity index (χ0n) is 15.4. The summed E-state index contributed by atoms with van der Waals surface area (Å²) >= 11 is 5.77. The highest BCUT2D eigenvalue weighted by molar-refractivity contribution is 7.89. The number of alkyl halides is 6. The second kappa shape index (κ2) is 8.51. The minimum Gasteiger partial charge on any atom is -0.364 e. The minimum absolute atomic E-state index is 0.526. The van der Waals surface area contributed by atoms with Gasteiger partial charge in [0.05, 0.1) is 10.6 Å². The van der Waals surface area contributed by atoms with Crippen molar-refractivity contribution < 1.29 is 44.6 Å². The molecule has 0 aliphatic heterocycles. The van der Waals surface area contributed by atoms with E-state index in [-0.39, 0.29) is 0 Å². The predicted molar refractivity (Wildman–Crippen MR) is 99.0 cm³/mol. The third kappa shape index (κ3) is 4.98. The van der Waals surface area contributed by atoms with Gasteiger partial charge in [-0.3, -0.25) is 9.59 Å². The topological polar surface area (TPSA) is 148 Å². The van der Waals surface area contributed by atoms with Gasteiger partial charge in [0.1, 0.15) is 16.3 Å². The van der Waals surface area contributed by atoms with Crippen molar-refractivity contribution in [3.8, 4) is 0 Å². The molecule has 0 radical (unpaired) electrons. The Balaban J connectivity index is 2.63. The van der Waals surface area contributed by atoms with E-state index in [0.29, 0.717) is 0 Å². The Labute approximate surface area is 179 Å². The van der Waals surface area contributed by atoms with Crippen molar-refractivity contribution in [2.24, 2.45) is 5.14 Å². The Bertz CT molecular complexity index is 1190. The van der Waals surface area contributed by atoms with Crippen molar-refractivity contribution in [2.75, 3.05) is 17.7 Å². The lowest BCUT2D eigenvalue weighted by molar-refractivity contribution is -0.242. The summed E-state index contributed by atoms with van der Waals surface area (Å²) in [4.78, 5) is 22.6. The summed E-state index contributed by atoms with van der Waals surface area (Å²) in [7, 11) is -3.75. The fraction of sp³-hybridized carbons (Fsp3) is 0.333. The molecule has 0 aliphatic carbocycles. The number of benzene rings is 1. The molecule has 0 spiro atoms. The number of methoxy groups -OCH3 is 1. The van der Waals surface area contributed by atoms with Crippen molar-refractivity contribution in [3.05, 3.63) is 43.2 Å². The molecule has 1 atom stereocenters. The summed E-state index contributed by atoms with van der Waals surface area (Å²) in [6, 6.07) is -2.38. The maximum Gasteiger partial charge on any atom is 0.417 e. The first-order valence-electron chi connectivity index (χ1n) is 7.97. The molecule has 0 bridgehead atoms. The van der Waals surface area contributed by atoms with Gasteiger partial charge in [0, 0.05) is 12.8 Å². The third-order valence-corrected chi connectivity index (χ3v) is 5.45. The zero-order chi connectivity index (χ0) is 24.8. The van der Waals surface area contributed by atoms with Gasteiger partial charge in [-0.25, -0.2) is 13.6 Å². The Morgan fingerprint density at radius 2 is 1.56 bits per heavy atom. The molecular formula is C15H12ClF6N3O6S. The molecule has 0 saturated heterocycles.